The first-order valence-corrected chi connectivity index (χ1v) is 6.81. The van der Waals surface area contributed by atoms with E-state index in [4.69, 9.17) is 23.2 Å². The summed E-state index contributed by atoms with van der Waals surface area (Å²) in [5.74, 6) is -3.06. The van der Waals surface area contributed by atoms with Gasteiger partial charge >= 0.3 is 0 Å². The van der Waals surface area contributed by atoms with Crippen molar-refractivity contribution in [3.05, 3.63) is 45.4 Å². The average Bonchev–Trinajstić information content (AvgIpc) is 2.48. The lowest BCUT2D eigenvalue weighted by molar-refractivity contribution is 0.0954. The van der Waals surface area contributed by atoms with Crippen molar-refractivity contribution < 1.29 is 25.2 Å². The molecule has 0 aliphatic heterocycles. The number of hydrazone groups is 1. The third-order valence-corrected chi connectivity index (χ3v) is 3.27. The molecule has 5 N–H and O–H groups in total. The van der Waals surface area contributed by atoms with Gasteiger partial charge in [-0.05, 0) is 24.3 Å². The van der Waals surface area contributed by atoms with Crippen molar-refractivity contribution in [2.75, 3.05) is 0 Å². The van der Waals surface area contributed by atoms with Crippen LogP contribution in [0.5, 0.6) is 23.0 Å². The van der Waals surface area contributed by atoms with Gasteiger partial charge in [0.15, 0.2) is 17.2 Å². The number of carbonyl (C=O) groups excluding carboxylic acids is 1. The Kier molecular flexibility index (Phi) is 4.83. The zero-order chi connectivity index (χ0) is 17.1. The summed E-state index contributed by atoms with van der Waals surface area (Å²) in [7, 11) is 0. The van der Waals surface area contributed by atoms with E-state index in [0.717, 1.165) is 18.3 Å². The second-order valence-electron chi connectivity index (χ2n) is 4.39. The van der Waals surface area contributed by atoms with Crippen LogP contribution in [0.4, 0.5) is 0 Å². The molecule has 0 atom stereocenters. The van der Waals surface area contributed by atoms with Gasteiger partial charge in [0, 0.05) is 16.1 Å². The molecule has 0 saturated carbocycles. The second-order valence-corrected chi connectivity index (χ2v) is 5.23. The van der Waals surface area contributed by atoms with E-state index < -0.39 is 23.2 Å². The first-order chi connectivity index (χ1) is 10.8. The van der Waals surface area contributed by atoms with Crippen molar-refractivity contribution in [3.63, 3.8) is 0 Å². The lowest BCUT2D eigenvalue weighted by Gasteiger charge is -2.05. The Hall–Kier alpha value is -2.64. The quantitative estimate of drug-likeness (QED) is 0.328. The highest BCUT2D eigenvalue weighted by Crippen LogP contribution is 2.35. The minimum atomic E-state index is -0.764. The summed E-state index contributed by atoms with van der Waals surface area (Å²) < 4.78 is 0. The van der Waals surface area contributed by atoms with Crippen molar-refractivity contribution in [2.45, 2.75) is 0 Å². The molecule has 0 aliphatic rings. The van der Waals surface area contributed by atoms with Crippen LogP contribution in [0.3, 0.4) is 0 Å². The first-order valence-electron chi connectivity index (χ1n) is 6.06. The predicted octanol–water partition coefficient (Wildman–Crippen LogP) is 2.58. The molecular formula is C14H10Cl2N2O5. The summed E-state index contributed by atoms with van der Waals surface area (Å²) in [5.41, 5.74) is 2.16. The maximum absolute atomic E-state index is 11.8. The van der Waals surface area contributed by atoms with Gasteiger partial charge in [0.2, 0.25) is 0 Å². The van der Waals surface area contributed by atoms with E-state index in [1.807, 2.05) is 0 Å². The number of benzene rings is 2. The Morgan fingerprint density at radius 3 is 2.22 bits per heavy atom. The fourth-order valence-electron chi connectivity index (χ4n) is 1.64. The van der Waals surface area contributed by atoms with Crippen LogP contribution in [-0.2, 0) is 0 Å². The minimum absolute atomic E-state index is 0.0265. The zero-order valence-corrected chi connectivity index (χ0v) is 12.8. The van der Waals surface area contributed by atoms with Crippen LogP contribution in [0.25, 0.3) is 0 Å². The molecule has 1 amide bonds. The molecule has 2 rings (SSSR count). The van der Waals surface area contributed by atoms with Crippen LogP contribution in [0.2, 0.25) is 10.0 Å². The monoisotopic (exact) mass is 356 g/mol. The normalized spacial score (nSPS) is 10.9. The summed E-state index contributed by atoms with van der Waals surface area (Å²) in [6.07, 6.45) is 1.12. The number of nitrogens with one attached hydrogen (secondary N) is 1. The Morgan fingerprint density at radius 2 is 1.61 bits per heavy atom. The summed E-state index contributed by atoms with van der Waals surface area (Å²) in [6, 6.07) is 4.63. The molecule has 0 heterocycles. The van der Waals surface area contributed by atoms with Crippen LogP contribution in [0.15, 0.2) is 29.4 Å². The average molecular weight is 357 g/mol. The lowest BCUT2D eigenvalue weighted by atomic mass is 10.2. The molecule has 0 radical (unpaired) electrons. The third-order valence-electron chi connectivity index (χ3n) is 2.76. The van der Waals surface area contributed by atoms with Gasteiger partial charge in [0.05, 0.1) is 11.2 Å². The van der Waals surface area contributed by atoms with Crippen LogP contribution in [0.1, 0.15) is 15.9 Å². The molecule has 0 fully saturated rings. The van der Waals surface area contributed by atoms with Crippen LogP contribution < -0.4 is 5.43 Å². The van der Waals surface area contributed by atoms with Gasteiger partial charge in [0.25, 0.3) is 5.91 Å². The Labute approximate surface area is 140 Å². The number of aromatic hydroxyl groups is 4. The van der Waals surface area contributed by atoms with Crippen LogP contribution in [0, 0.1) is 0 Å². The van der Waals surface area contributed by atoms with E-state index >= 15 is 0 Å². The predicted molar refractivity (Wildman–Crippen MR) is 84.6 cm³/mol. The van der Waals surface area contributed by atoms with Gasteiger partial charge in [-0.3, -0.25) is 4.79 Å². The summed E-state index contributed by atoms with van der Waals surface area (Å²) in [5, 5.41) is 41.5. The number of phenols is 4. The van der Waals surface area contributed by atoms with Gasteiger partial charge in [-0.15, -0.1) is 0 Å². The number of nitrogens with zero attached hydrogens (tertiary/aromatic N) is 1. The number of hydrogen-bond acceptors (Lipinski definition) is 6. The maximum atomic E-state index is 11.8. The number of rotatable bonds is 3. The first kappa shape index (κ1) is 16.7. The molecule has 2 aromatic rings. The molecule has 0 aliphatic carbocycles. The number of hydrogen-bond donors (Lipinski definition) is 5. The van der Waals surface area contributed by atoms with Crippen LogP contribution in [-0.4, -0.2) is 32.5 Å². The summed E-state index contributed by atoms with van der Waals surface area (Å²) >= 11 is 11.5. The number of amides is 1. The number of carbonyl (C=O) groups is 1. The minimum Gasteiger partial charge on any atom is -0.506 e. The van der Waals surface area contributed by atoms with Crippen molar-refractivity contribution in [3.8, 4) is 23.0 Å². The van der Waals surface area contributed by atoms with E-state index in [0.29, 0.717) is 0 Å². The topological polar surface area (TPSA) is 122 Å². The van der Waals surface area contributed by atoms with E-state index in [-0.39, 0.29) is 26.9 Å². The highest BCUT2D eigenvalue weighted by atomic mass is 35.5. The Bertz CT molecular complexity index is 785. The summed E-state index contributed by atoms with van der Waals surface area (Å²) in [6.45, 7) is 0. The fraction of sp³-hybridized carbons (Fsp3) is 0. The van der Waals surface area contributed by atoms with Crippen molar-refractivity contribution in [1.29, 1.82) is 0 Å². The van der Waals surface area contributed by atoms with Gasteiger partial charge < -0.3 is 20.4 Å². The number of phenolic OH excluding ortho intramolecular Hbond substituents is 4. The molecule has 0 bridgehead atoms. The molecule has 0 saturated heterocycles. The molecule has 2 aromatic carbocycles. The van der Waals surface area contributed by atoms with E-state index in [1.165, 1.54) is 12.1 Å². The molecule has 23 heavy (non-hydrogen) atoms. The van der Waals surface area contributed by atoms with Gasteiger partial charge in [-0.25, -0.2) is 5.43 Å². The zero-order valence-electron chi connectivity index (χ0n) is 11.3. The van der Waals surface area contributed by atoms with Gasteiger partial charge in [-0.2, -0.15) is 5.10 Å². The standard InChI is InChI=1S/C14H10Cl2N2O5/c15-8-1-7(12(21)9(16)4-8)5-17-18-14(23)6-2-10(19)13(22)11(20)3-6/h1-5,19-22H,(H,18,23)/b17-5+. The second kappa shape index (κ2) is 6.64. The Morgan fingerprint density at radius 1 is 1.00 bits per heavy atom. The van der Waals surface area contributed by atoms with Gasteiger partial charge in [0.1, 0.15) is 5.75 Å². The van der Waals surface area contributed by atoms with Crippen molar-refractivity contribution in [1.82, 2.24) is 5.43 Å². The summed E-state index contributed by atoms with van der Waals surface area (Å²) in [4.78, 5) is 11.8. The van der Waals surface area contributed by atoms with E-state index in [2.05, 4.69) is 10.5 Å². The van der Waals surface area contributed by atoms with E-state index in [9.17, 15) is 25.2 Å². The van der Waals surface area contributed by atoms with E-state index in [1.54, 1.807) is 0 Å². The third kappa shape index (κ3) is 3.77. The molecule has 0 unspecified atom stereocenters. The maximum Gasteiger partial charge on any atom is 0.271 e. The molecule has 120 valence electrons. The molecule has 0 aromatic heterocycles. The molecule has 7 nitrogen and oxygen atoms in total. The highest BCUT2D eigenvalue weighted by Gasteiger charge is 2.13. The largest absolute Gasteiger partial charge is 0.506 e. The van der Waals surface area contributed by atoms with Gasteiger partial charge in [-0.1, -0.05) is 23.2 Å². The highest BCUT2D eigenvalue weighted by molar-refractivity contribution is 6.36. The molecule has 0 spiro atoms. The molecular weight excluding hydrogens is 347 g/mol. The lowest BCUT2D eigenvalue weighted by Crippen LogP contribution is -2.17. The smallest absolute Gasteiger partial charge is 0.271 e. The van der Waals surface area contributed by atoms with Crippen molar-refractivity contribution in [2.24, 2.45) is 5.10 Å². The van der Waals surface area contributed by atoms with Crippen LogP contribution >= 0.6 is 23.2 Å². The number of halogens is 2. The molecule has 9 heteroatoms. The Balaban J connectivity index is 2.16. The SMILES string of the molecule is O=C(N/N=C/c1cc(Cl)cc(Cl)c1O)c1cc(O)c(O)c(O)c1. The fourth-order valence-corrected chi connectivity index (χ4v) is 2.15. The van der Waals surface area contributed by atoms with Crippen molar-refractivity contribution >= 4 is 35.3 Å².